The molecule has 4 heterocycles. The van der Waals surface area contributed by atoms with Gasteiger partial charge in [-0.25, -0.2) is 14.4 Å². The quantitative estimate of drug-likeness (QED) is 0.627. The summed E-state index contributed by atoms with van der Waals surface area (Å²) in [6.07, 6.45) is 8.42. The zero-order valence-electron chi connectivity index (χ0n) is 12.7. The molecule has 0 atom stereocenters. The van der Waals surface area contributed by atoms with Crippen LogP contribution >= 0.6 is 0 Å². The van der Waals surface area contributed by atoms with Gasteiger partial charge in [0, 0.05) is 46.2 Å². The van der Waals surface area contributed by atoms with E-state index in [1.165, 1.54) is 13.2 Å². The van der Waals surface area contributed by atoms with Crippen molar-refractivity contribution in [2.45, 2.75) is 0 Å². The van der Waals surface area contributed by atoms with Gasteiger partial charge in [-0.3, -0.25) is 0 Å². The van der Waals surface area contributed by atoms with Crippen molar-refractivity contribution >= 4 is 11.0 Å². The Hall–Kier alpha value is -3.35. The topological polar surface area (TPSA) is 76.6 Å². The molecule has 1 N–H and O–H groups in total. The third-order valence-electron chi connectivity index (χ3n) is 3.76. The number of rotatable bonds is 3. The maximum Gasteiger partial charge on any atom is 0.250 e. The molecule has 0 saturated heterocycles. The lowest BCUT2D eigenvalue weighted by molar-refractivity contribution is 0.369. The number of aromatic nitrogens is 5. The van der Waals surface area contributed by atoms with Gasteiger partial charge in [0.1, 0.15) is 5.65 Å². The number of fused-ring (bicyclic) bond motifs is 1. The molecule has 4 aromatic rings. The van der Waals surface area contributed by atoms with Crippen LogP contribution in [0.2, 0.25) is 0 Å². The van der Waals surface area contributed by atoms with Crippen molar-refractivity contribution in [1.82, 2.24) is 25.1 Å². The summed E-state index contributed by atoms with van der Waals surface area (Å²) in [7, 11) is 1.38. The zero-order valence-corrected chi connectivity index (χ0v) is 12.7. The second kappa shape index (κ2) is 5.69. The fraction of sp³-hybridized carbons (Fsp3) is 0.0588. The molecular formula is C17H12FN5O. The Balaban J connectivity index is 1.85. The predicted octanol–water partition coefficient (Wildman–Crippen LogP) is 3.23. The summed E-state index contributed by atoms with van der Waals surface area (Å²) in [6.45, 7) is 0. The smallest absolute Gasteiger partial charge is 0.250 e. The molecule has 4 rings (SSSR count). The molecule has 7 heteroatoms. The van der Waals surface area contributed by atoms with E-state index in [-0.39, 0.29) is 5.88 Å². The molecule has 0 aliphatic rings. The lowest BCUT2D eigenvalue weighted by atomic mass is 10.0. The van der Waals surface area contributed by atoms with Crippen LogP contribution in [0.4, 0.5) is 4.39 Å². The monoisotopic (exact) mass is 321 g/mol. The van der Waals surface area contributed by atoms with Crippen LogP contribution in [0.15, 0.2) is 49.2 Å². The average molecular weight is 321 g/mol. The second-order valence-corrected chi connectivity index (χ2v) is 5.17. The number of methoxy groups -OCH3 is 1. The molecule has 0 amide bonds. The highest BCUT2D eigenvalue weighted by Gasteiger charge is 2.11. The first-order chi connectivity index (χ1) is 11.8. The summed E-state index contributed by atoms with van der Waals surface area (Å²) >= 11 is 0. The highest BCUT2D eigenvalue weighted by Crippen LogP contribution is 2.31. The Morgan fingerprint density at radius 3 is 2.58 bits per heavy atom. The predicted molar refractivity (Wildman–Crippen MR) is 86.9 cm³/mol. The minimum atomic E-state index is -0.511. The fourth-order valence-corrected chi connectivity index (χ4v) is 2.58. The number of aromatic amines is 1. The number of nitrogens with zero attached hydrogens (tertiary/aromatic N) is 4. The van der Waals surface area contributed by atoms with Crippen LogP contribution in [0, 0.1) is 5.82 Å². The number of nitrogens with one attached hydrogen (secondary N) is 1. The van der Waals surface area contributed by atoms with Gasteiger partial charge in [0.2, 0.25) is 5.88 Å². The number of hydrogen-bond donors (Lipinski definition) is 1. The molecule has 0 aliphatic carbocycles. The summed E-state index contributed by atoms with van der Waals surface area (Å²) in [4.78, 5) is 11.5. The Bertz CT molecular complexity index is 1020. The molecule has 4 aromatic heterocycles. The summed E-state index contributed by atoms with van der Waals surface area (Å²) in [5, 5.41) is 8.60. The lowest BCUT2D eigenvalue weighted by Gasteiger charge is -2.05. The summed E-state index contributed by atoms with van der Waals surface area (Å²) < 4.78 is 18.8. The number of ether oxygens (including phenoxy) is 1. The van der Waals surface area contributed by atoms with Gasteiger partial charge >= 0.3 is 0 Å². The van der Waals surface area contributed by atoms with Gasteiger partial charge in [-0.05, 0) is 18.2 Å². The van der Waals surface area contributed by atoms with E-state index in [2.05, 4.69) is 25.1 Å². The van der Waals surface area contributed by atoms with Crippen LogP contribution in [-0.4, -0.2) is 32.3 Å². The molecule has 118 valence electrons. The highest BCUT2D eigenvalue weighted by atomic mass is 19.1. The molecular weight excluding hydrogens is 309 g/mol. The minimum Gasteiger partial charge on any atom is -0.479 e. The molecule has 0 radical (unpaired) electrons. The van der Waals surface area contributed by atoms with Crippen molar-refractivity contribution in [1.29, 1.82) is 0 Å². The van der Waals surface area contributed by atoms with Gasteiger partial charge < -0.3 is 9.72 Å². The third-order valence-corrected chi connectivity index (χ3v) is 3.76. The van der Waals surface area contributed by atoms with E-state index in [4.69, 9.17) is 4.74 Å². The van der Waals surface area contributed by atoms with Crippen LogP contribution in [-0.2, 0) is 0 Å². The Kier molecular flexibility index (Phi) is 3.38. The van der Waals surface area contributed by atoms with Gasteiger partial charge in [0.05, 0.1) is 19.5 Å². The summed E-state index contributed by atoms with van der Waals surface area (Å²) in [6, 6.07) is 5.20. The van der Waals surface area contributed by atoms with Gasteiger partial charge in [-0.15, -0.1) is 0 Å². The van der Waals surface area contributed by atoms with Crippen molar-refractivity contribution in [2.24, 2.45) is 0 Å². The normalized spacial score (nSPS) is 10.9. The zero-order chi connectivity index (χ0) is 16.5. The average Bonchev–Trinajstić information content (AvgIpc) is 3.05. The van der Waals surface area contributed by atoms with Crippen molar-refractivity contribution in [2.75, 3.05) is 7.11 Å². The third kappa shape index (κ3) is 2.36. The van der Waals surface area contributed by atoms with Gasteiger partial charge in [0.15, 0.2) is 5.82 Å². The van der Waals surface area contributed by atoms with Crippen molar-refractivity contribution in [3.8, 4) is 28.1 Å². The van der Waals surface area contributed by atoms with Crippen molar-refractivity contribution < 1.29 is 9.13 Å². The first kappa shape index (κ1) is 14.3. The lowest BCUT2D eigenvalue weighted by Crippen LogP contribution is -1.93. The Morgan fingerprint density at radius 2 is 1.83 bits per heavy atom. The molecule has 24 heavy (non-hydrogen) atoms. The largest absolute Gasteiger partial charge is 0.479 e. The van der Waals surface area contributed by atoms with E-state index < -0.39 is 5.82 Å². The number of H-pyrrole nitrogens is 1. The van der Waals surface area contributed by atoms with Crippen LogP contribution in [0.3, 0.4) is 0 Å². The first-order valence-corrected chi connectivity index (χ1v) is 7.20. The van der Waals surface area contributed by atoms with E-state index in [1.807, 2.05) is 18.3 Å². The molecule has 0 saturated carbocycles. The van der Waals surface area contributed by atoms with Gasteiger partial charge in [-0.1, -0.05) is 0 Å². The van der Waals surface area contributed by atoms with Crippen LogP contribution in [0.1, 0.15) is 0 Å². The fourth-order valence-electron chi connectivity index (χ4n) is 2.58. The molecule has 0 aliphatic heterocycles. The number of pyridine rings is 2. The van der Waals surface area contributed by atoms with E-state index in [0.717, 1.165) is 27.7 Å². The van der Waals surface area contributed by atoms with Gasteiger partial charge in [-0.2, -0.15) is 10.2 Å². The maximum absolute atomic E-state index is 13.9. The molecule has 0 bridgehead atoms. The van der Waals surface area contributed by atoms with E-state index in [0.29, 0.717) is 5.56 Å². The van der Waals surface area contributed by atoms with Crippen LogP contribution < -0.4 is 4.74 Å². The van der Waals surface area contributed by atoms with Crippen molar-refractivity contribution in [3.63, 3.8) is 0 Å². The summed E-state index contributed by atoms with van der Waals surface area (Å²) in [5.74, 6) is -0.541. The van der Waals surface area contributed by atoms with E-state index in [9.17, 15) is 4.39 Å². The van der Waals surface area contributed by atoms with Crippen LogP contribution in [0.5, 0.6) is 5.88 Å². The molecule has 0 fully saturated rings. The van der Waals surface area contributed by atoms with Crippen LogP contribution in [0.25, 0.3) is 33.3 Å². The Morgan fingerprint density at radius 1 is 1.00 bits per heavy atom. The standard InChI is InChI=1S/C17H12FN5O/c1-24-17-15(18)5-12(7-21-17)11-4-13-14(9-20-16(13)19-6-11)10-2-3-22-23-8-10/h2-9H,1H3,(H,19,20). The molecule has 0 aromatic carbocycles. The molecule has 6 nitrogen and oxygen atoms in total. The van der Waals surface area contributed by atoms with E-state index in [1.54, 1.807) is 24.8 Å². The highest BCUT2D eigenvalue weighted by molar-refractivity contribution is 5.95. The molecule has 0 spiro atoms. The van der Waals surface area contributed by atoms with Crippen molar-refractivity contribution in [3.05, 3.63) is 55.0 Å². The number of halogens is 1. The number of hydrogen-bond acceptors (Lipinski definition) is 5. The van der Waals surface area contributed by atoms with E-state index >= 15 is 0 Å². The first-order valence-electron chi connectivity index (χ1n) is 7.20. The summed E-state index contributed by atoms with van der Waals surface area (Å²) in [5.41, 5.74) is 4.01. The van der Waals surface area contributed by atoms with Gasteiger partial charge in [0.25, 0.3) is 0 Å². The second-order valence-electron chi connectivity index (χ2n) is 5.17. The Labute approximate surface area is 136 Å². The minimum absolute atomic E-state index is 0.0296. The maximum atomic E-state index is 13.9. The molecule has 0 unspecified atom stereocenters. The SMILES string of the molecule is COc1ncc(-c2cnc3[nH]cc(-c4ccnnc4)c3c2)cc1F.